The zero-order valence-corrected chi connectivity index (χ0v) is 24.2. The summed E-state index contributed by atoms with van der Waals surface area (Å²) in [6.45, 7) is 5.24. The lowest BCUT2D eigenvalue weighted by Gasteiger charge is -2.72. The summed E-state index contributed by atoms with van der Waals surface area (Å²) in [5.74, 6) is 0.807. The quantitative estimate of drug-likeness (QED) is 0.394. The number of aromatic nitrogens is 1. The molecule has 41 heavy (non-hydrogen) atoms. The molecule has 220 valence electrons. The Morgan fingerprint density at radius 2 is 1.83 bits per heavy atom. The molecule has 1 aromatic carbocycles. The third-order valence-electron chi connectivity index (χ3n) is 9.86. The number of carbonyl (C=O) groups excluding carboxylic acids is 1. The minimum atomic E-state index is -4.06. The number of pyridine rings is 1. The first kappa shape index (κ1) is 27.3. The molecule has 2 aliphatic heterocycles. The molecule has 4 aliphatic carbocycles. The summed E-state index contributed by atoms with van der Waals surface area (Å²) in [6.07, 6.45) is 5.33. The van der Waals surface area contributed by atoms with Crippen LogP contribution in [0.5, 0.6) is 5.88 Å². The Labute approximate surface area is 239 Å². The summed E-state index contributed by atoms with van der Waals surface area (Å²) in [5, 5.41) is 0. The van der Waals surface area contributed by atoms with Crippen molar-refractivity contribution >= 4 is 13.7 Å². The highest BCUT2D eigenvalue weighted by atomic mass is 31.2. The van der Waals surface area contributed by atoms with Crippen LogP contribution in [0.1, 0.15) is 68.9 Å². The molecule has 9 nitrogen and oxygen atoms in total. The van der Waals surface area contributed by atoms with Gasteiger partial charge in [0, 0.05) is 49.1 Å². The molecule has 1 aromatic heterocycles. The maximum Gasteiger partial charge on any atom is 0.410 e. The van der Waals surface area contributed by atoms with Crippen LogP contribution in [-0.4, -0.2) is 74.2 Å². The standard InChI is InChI=1S/C30H37FN3O6P/c1-2-39-26-22(13-24(20-3-4-20)25(32-26)21-5-7-23(31)8-6-21)14-33-11-9-30(10-12-33)18-34(27(35)40-30)29-15-28(16-29,17-29)19-41(36,37)38/h5-8,13,20H,2-4,9-12,14-19H2,1H3,(H2,36,37,38). The van der Waals surface area contributed by atoms with Gasteiger partial charge >= 0.3 is 13.7 Å². The van der Waals surface area contributed by atoms with Crippen molar-refractivity contribution in [3.63, 3.8) is 0 Å². The van der Waals surface area contributed by atoms with Gasteiger partial charge in [-0.15, -0.1) is 0 Å². The second-order valence-electron chi connectivity index (χ2n) is 13.1. The lowest BCUT2D eigenvalue weighted by atomic mass is 9.39. The number of likely N-dealkylation sites (tertiary alicyclic amines) is 1. The molecule has 6 aliphatic rings. The first-order valence-electron chi connectivity index (χ1n) is 14.7. The number of carbonyl (C=O) groups is 1. The third-order valence-corrected chi connectivity index (χ3v) is 10.9. The third kappa shape index (κ3) is 4.97. The molecule has 4 saturated carbocycles. The number of hydrogen-bond acceptors (Lipinski definition) is 6. The van der Waals surface area contributed by atoms with Crippen LogP contribution >= 0.6 is 7.60 Å². The van der Waals surface area contributed by atoms with Gasteiger partial charge in [-0.1, -0.05) is 0 Å². The summed E-state index contributed by atoms with van der Waals surface area (Å²) in [5.41, 5.74) is 2.90. The van der Waals surface area contributed by atoms with Gasteiger partial charge in [-0.2, -0.15) is 0 Å². The molecule has 0 radical (unpaired) electrons. The van der Waals surface area contributed by atoms with Crippen molar-refractivity contribution in [3.8, 4) is 17.1 Å². The van der Waals surface area contributed by atoms with Crippen molar-refractivity contribution in [2.24, 2.45) is 5.41 Å². The number of piperidine rings is 1. The molecule has 11 heteroatoms. The van der Waals surface area contributed by atoms with Crippen molar-refractivity contribution in [2.45, 2.75) is 75.5 Å². The Morgan fingerprint density at radius 3 is 2.44 bits per heavy atom. The van der Waals surface area contributed by atoms with Gasteiger partial charge in [0.1, 0.15) is 11.4 Å². The van der Waals surface area contributed by atoms with Gasteiger partial charge in [0.2, 0.25) is 5.88 Å². The highest BCUT2D eigenvalue weighted by Crippen LogP contribution is 2.73. The van der Waals surface area contributed by atoms with Crippen LogP contribution < -0.4 is 4.74 Å². The SMILES string of the molecule is CCOc1nc(-c2ccc(F)cc2)c(C2CC2)cc1CN1CCC2(CC1)CN(C13CC(CP(=O)(O)O)(C1)C3)C(=O)O2. The van der Waals surface area contributed by atoms with Crippen molar-refractivity contribution in [1.82, 2.24) is 14.8 Å². The fourth-order valence-electron chi connectivity index (χ4n) is 7.91. The lowest BCUT2D eigenvalue weighted by Crippen LogP contribution is -2.76. The minimum Gasteiger partial charge on any atom is -0.478 e. The first-order chi connectivity index (χ1) is 19.5. The lowest BCUT2D eigenvalue weighted by molar-refractivity contribution is -0.188. The smallest absolute Gasteiger partial charge is 0.410 e. The number of amides is 1. The highest BCUT2D eigenvalue weighted by molar-refractivity contribution is 7.51. The summed E-state index contributed by atoms with van der Waals surface area (Å²) in [6, 6.07) is 8.72. The van der Waals surface area contributed by atoms with Crippen LogP contribution in [0, 0.1) is 11.2 Å². The second-order valence-corrected chi connectivity index (χ2v) is 14.7. The molecule has 6 fully saturated rings. The average molecular weight is 586 g/mol. The van der Waals surface area contributed by atoms with Gasteiger partial charge in [0.15, 0.2) is 0 Å². The van der Waals surface area contributed by atoms with E-state index in [9.17, 15) is 23.5 Å². The van der Waals surface area contributed by atoms with Crippen LogP contribution in [-0.2, 0) is 15.8 Å². The summed E-state index contributed by atoms with van der Waals surface area (Å²) >= 11 is 0. The van der Waals surface area contributed by atoms with E-state index in [-0.39, 0.29) is 29.0 Å². The van der Waals surface area contributed by atoms with E-state index in [0.717, 1.165) is 55.6 Å². The maximum atomic E-state index is 13.6. The molecule has 3 heterocycles. The van der Waals surface area contributed by atoms with Crippen LogP contribution in [0.3, 0.4) is 0 Å². The van der Waals surface area contributed by atoms with E-state index >= 15 is 0 Å². The van der Waals surface area contributed by atoms with Gasteiger partial charge in [-0.3, -0.25) is 14.4 Å². The minimum absolute atomic E-state index is 0.0866. The van der Waals surface area contributed by atoms with E-state index in [2.05, 4.69) is 11.0 Å². The monoisotopic (exact) mass is 585 g/mol. The Kier molecular flexibility index (Phi) is 6.33. The fraction of sp³-hybridized carbons (Fsp3) is 0.600. The van der Waals surface area contributed by atoms with E-state index in [1.165, 1.54) is 17.7 Å². The molecule has 0 atom stereocenters. The first-order valence-corrected chi connectivity index (χ1v) is 16.5. The van der Waals surface area contributed by atoms with Crippen molar-refractivity contribution < 1.29 is 33.0 Å². The largest absolute Gasteiger partial charge is 0.478 e. The zero-order chi connectivity index (χ0) is 28.6. The zero-order valence-electron chi connectivity index (χ0n) is 23.4. The predicted molar refractivity (Wildman–Crippen MR) is 149 cm³/mol. The van der Waals surface area contributed by atoms with Gasteiger partial charge in [0.25, 0.3) is 0 Å². The number of hydrogen-bond donors (Lipinski definition) is 2. The van der Waals surface area contributed by atoms with E-state index in [1.807, 2.05) is 11.8 Å². The number of benzene rings is 1. The molecule has 2 bridgehead atoms. The number of rotatable bonds is 9. The number of halogens is 1. The Balaban J connectivity index is 1.03. The molecular weight excluding hydrogens is 548 g/mol. The Morgan fingerprint density at radius 1 is 1.15 bits per heavy atom. The van der Waals surface area contributed by atoms with E-state index in [1.54, 1.807) is 12.1 Å². The summed E-state index contributed by atoms with van der Waals surface area (Å²) in [7, 11) is -4.06. The normalized spacial score (nSPS) is 28.8. The highest BCUT2D eigenvalue weighted by Gasteiger charge is 2.74. The summed E-state index contributed by atoms with van der Waals surface area (Å²) in [4.78, 5) is 41.0. The molecule has 2 saturated heterocycles. The molecule has 1 spiro atoms. The van der Waals surface area contributed by atoms with E-state index in [4.69, 9.17) is 14.5 Å². The van der Waals surface area contributed by atoms with Crippen molar-refractivity contribution in [1.29, 1.82) is 0 Å². The van der Waals surface area contributed by atoms with Crippen molar-refractivity contribution in [3.05, 3.63) is 47.3 Å². The fourth-order valence-corrected chi connectivity index (χ4v) is 9.12. The van der Waals surface area contributed by atoms with Crippen LogP contribution in [0.2, 0.25) is 0 Å². The second kappa shape index (κ2) is 9.49. The topological polar surface area (TPSA) is 112 Å². The number of nitrogens with zero attached hydrogens (tertiary/aromatic N) is 3. The van der Waals surface area contributed by atoms with E-state index in [0.29, 0.717) is 50.8 Å². The number of ether oxygens (including phenoxy) is 2. The Bertz CT molecular complexity index is 1400. The van der Waals surface area contributed by atoms with Gasteiger partial charge < -0.3 is 19.3 Å². The molecule has 2 N–H and O–H groups in total. The van der Waals surface area contributed by atoms with Crippen LogP contribution in [0.4, 0.5) is 9.18 Å². The van der Waals surface area contributed by atoms with Crippen molar-refractivity contribution in [2.75, 3.05) is 32.4 Å². The molecule has 8 rings (SSSR count). The van der Waals surface area contributed by atoms with Gasteiger partial charge in [-0.05, 0) is 86.3 Å². The Hall–Kier alpha value is -2.52. The maximum absolute atomic E-state index is 13.6. The average Bonchev–Trinajstić information content (AvgIpc) is 3.67. The molecular formula is C30H37FN3O6P. The molecule has 0 unspecified atom stereocenters. The molecule has 2 aromatic rings. The van der Waals surface area contributed by atoms with Gasteiger partial charge in [-0.25, -0.2) is 14.2 Å². The van der Waals surface area contributed by atoms with E-state index < -0.39 is 13.2 Å². The predicted octanol–water partition coefficient (Wildman–Crippen LogP) is 5.05. The van der Waals surface area contributed by atoms with Crippen LogP contribution in [0.15, 0.2) is 30.3 Å². The summed E-state index contributed by atoms with van der Waals surface area (Å²) < 4.78 is 37.1. The van der Waals surface area contributed by atoms with Gasteiger partial charge in [0.05, 0.1) is 25.0 Å². The van der Waals surface area contributed by atoms with Crippen LogP contribution in [0.25, 0.3) is 11.3 Å². The molecule has 1 amide bonds.